The Bertz CT molecular complexity index is 1830. The maximum Gasteiger partial charge on any atom is 0.524 e. The third-order valence-electron chi connectivity index (χ3n) is 8.05. The molecule has 47 heavy (non-hydrogen) atoms. The van der Waals surface area contributed by atoms with Gasteiger partial charge in [0.2, 0.25) is 11.8 Å². The van der Waals surface area contributed by atoms with Crippen molar-refractivity contribution in [3.63, 3.8) is 0 Å². The Morgan fingerprint density at radius 2 is 1.83 bits per heavy atom. The van der Waals surface area contributed by atoms with Crippen LogP contribution in [0.1, 0.15) is 16.7 Å². The summed E-state index contributed by atoms with van der Waals surface area (Å²) in [5.41, 5.74) is 4.92. The molecule has 1 aromatic heterocycles. The van der Waals surface area contributed by atoms with E-state index >= 15 is 0 Å². The molecule has 2 aliphatic heterocycles. The highest BCUT2D eigenvalue weighted by molar-refractivity contribution is 7.46. The number of nitrogens with zero attached hydrogens (tertiary/aromatic N) is 5. The molecule has 0 aliphatic carbocycles. The second-order valence-corrected chi connectivity index (χ2v) is 13.2. The van der Waals surface area contributed by atoms with Crippen LogP contribution in [-0.2, 0) is 33.7 Å². The maximum atomic E-state index is 14.3. The number of nitrogens with one attached hydrogen (secondary N) is 1. The van der Waals surface area contributed by atoms with Gasteiger partial charge in [0, 0.05) is 26.1 Å². The van der Waals surface area contributed by atoms with E-state index in [1.165, 1.54) is 33.4 Å². The van der Waals surface area contributed by atoms with Gasteiger partial charge < -0.3 is 19.6 Å². The largest absolute Gasteiger partial charge is 0.524 e. The predicted molar refractivity (Wildman–Crippen MR) is 175 cm³/mol. The van der Waals surface area contributed by atoms with E-state index < -0.39 is 26.1 Å². The second kappa shape index (κ2) is 13.6. The molecule has 13 nitrogen and oxygen atoms in total. The average Bonchev–Trinajstić information content (AvgIpc) is 3.53. The highest BCUT2D eigenvalue weighted by Gasteiger charge is 2.51. The Balaban J connectivity index is 1.35. The predicted octanol–water partition coefficient (Wildman–Crippen LogP) is 3.50. The highest BCUT2D eigenvalue weighted by atomic mass is 32.1. The Morgan fingerprint density at radius 3 is 2.55 bits per heavy atom. The second-order valence-electron chi connectivity index (χ2n) is 11.2. The van der Waals surface area contributed by atoms with Crippen LogP contribution < -0.4 is 9.84 Å². The zero-order valence-electron chi connectivity index (χ0n) is 25.2. The monoisotopic (exact) mass is 676 g/mol. The molecule has 3 heterocycles. The topological polar surface area (TPSA) is 156 Å². The van der Waals surface area contributed by atoms with Gasteiger partial charge in [0.1, 0.15) is 18.0 Å². The van der Waals surface area contributed by atoms with E-state index in [1.807, 2.05) is 48.5 Å². The van der Waals surface area contributed by atoms with E-state index in [1.54, 1.807) is 33.6 Å². The van der Waals surface area contributed by atoms with Gasteiger partial charge in [0.25, 0.3) is 0 Å². The number of thiazole rings is 1. The molecule has 6 rings (SSSR count). The van der Waals surface area contributed by atoms with Crippen molar-refractivity contribution in [2.75, 3.05) is 19.6 Å². The molecule has 244 valence electrons. The number of phosphoric ester groups is 1. The fourth-order valence-electron chi connectivity index (χ4n) is 6.02. The number of piperazine rings is 1. The van der Waals surface area contributed by atoms with Crippen LogP contribution in [0.15, 0.2) is 91.0 Å². The minimum atomic E-state index is -4.76. The van der Waals surface area contributed by atoms with Crippen molar-refractivity contribution in [1.29, 1.82) is 0 Å². The van der Waals surface area contributed by atoms with Crippen molar-refractivity contribution in [3.05, 3.63) is 108 Å². The molecule has 0 spiro atoms. The van der Waals surface area contributed by atoms with Gasteiger partial charge in [0.15, 0.2) is 0 Å². The number of fused-ring (bicyclic) bond motifs is 2. The summed E-state index contributed by atoms with van der Waals surface area (Å²) in [4.78, 5) is 68.1. The first kappa shape index (κ1) is 32.4. The van der Waals surface area contributed by atoms with Crippen molar-refractivity contribution in [3.8, 4) is 5.75 Å². The lowest BCUT2D eigenvalue weighted by Gasteiger charge is -2.55. The van der Waals surface area contributed by atoms with Crippen molar-refractivity contribution < 1.29 is 33.3 Å². The fourth-order valence-corrected chi connectivity index (χ4v) is 7.14. The molecule has 4 amide bonds. The normalized spacial score (nSPS) is 18.7. The van der Waals surface area contributed by atoms with Crippen LogP contribution in [0.5, 0.6) is 5.75 Å². The number of carbonyl (C=O) groups is 3. The molecule has 3 aromatic carbocycles. The first-order chi connectivity index (χ1) is 22.6. The Hall–Kier alpha value is -4.59. The number of urea groups is 1. The lowest BCUT2D eigenvalue weighted by Crippen LogP contribution is -2.76. The van der Waals surface area contributed by atoms with Crippen LogP contribution in [0.3, 0.4) is 0 Å². The smallest absolute Gasteiger partial charge is 0.404 e. The Morgan fingerprint density at radius 1 is 1.06 bits per heavy atom. The first-order valence-electron chi connectivity index (χ1n) is 14.8. The standard InChI is InChI=1S/C32H33N6O7PS/c1-2-15-36-20-29(39)37-26(16-22-11-13-25(14-12-22)45-46(42,43)44)31(40)35(18-24-9-6-10-27-30(24)34-21-47-27)19-28(37)38(36)32(41)33-17-23-7-4-3-5-8-23/h2-14,21,26,28H,1,15-20H2,(H,33,41)(H2,42,43,44)/t26-,28-/m0/s1. The van der Waals surface area contributed by atoms with Gasteiger partial charge in [-0.1, -0.05) is 60.7 Å². The number of hydrazine groups is 1. The minimum absolute atomic E-state index is 0.0386. The average molecular weight is 677 g/mol. The molecule has 3 N–H and O–H groups in total. The number of carbonyl (C=O) groups excluding carboxylic acids is 3. The van der Waals surface area contributed by atoms with Gasteiger partial charge in [-0.05, 0) is 34.9 Å². The van der Waals surface area contributed by atoms with Gasteiger partial charge in [0.05, 0.1) is 28.8 Å². The summed E-state index contributed by atoms with van der Waals surface area (Å²) in [6, 6.07) is 19.8. The summed E-state index contributed by atoms with van der Waals surface area (Å²) in [5, 5.41) is 6.12. The van der Waals surface area contributed by atoms with E-state index in [-0.39, 0.29) is 56.7 Å². The van der Waals surface area contributed by atoms with Crippen molar-refractivity contribution >= 4 is 47.2 Å². The summed E-state index contributed by atoms with van der Waals surface area (Å²) in [6.45, 7) is 4.45. The fraction of sp³-hybridized carbons (Fsp3) is 0.250. The van der Waals surface area contributed by atoms with Gasteiger partial charge >= 0.3 is 13.9 Å². The van der Waals surface area contributed by atoms with Crippen LogP contribution in [0.25, 0.3) is 10.2 Å². The van der Waals surface area contributed by atoms with E-state index in [0.717, 1.165) is 21.3 Å². The molecule has 15 heteroatoms. The highest BCUT2D eigenvalue weighted by Crippen LogP contribution is 2.38. The van der Waals surface area contributed by atoms with Crippen molar-refractivity contribution in [1.82, 2.24) is 30.1 Å². The number of aromatic nitrogens is 1. The summed E-state index contributed by atoms with van der Waals surface area (Å²) >= 11 is 1.50. The zero-order valence-corrected chi connectivity index (χ0v) is 26.9. The molecular weight excluding hydrogens is 643 g/mol. The number of hydrogen-bond acceptors (Lipinski definition) is 8. The summed E-state index contributed by atoms with van der Waals surface area (Å²) in [7, 11) is -4.76. The van der Waals surface area contributed by atoms with Crippen molar-refractivity contribution in [2.45, 2.75) is 31.7 Å². The Labute approximate surface area is 274 Å². The molecule has 2 aliphatic rings. The molecular formula is C32H33N6O7PS. The van der Waals surface area contributed by atoms with Crippen LogP contribution in [-0.4, -0.2) is 84.3 Å². The van der Waals surface area contributed by atoms with E-state index in [9.17, 15) is 28.7 Å². The number of amides is 4. The third kappa shape index (κ3) is 7.22. The van der Waals surface area contributed by atoms with Gasteiger partial charge in [-0.2, -0.15) is 0 Å². The number of benzene rings is 3. The third-order valence-corrected chi connectivity index (χ3v) is 9.29. The van der Waals surface area contributed by atoms with Crippen molar-refractivity contribution in [2.24, 2.45) is 0 Å². The SMILES string of the molecule is C=CCN1CC(=O)N2[C@@H](Cc3ccc(OP(=O)(O)O)cc3)C(=O)N(Cc3cccc4scnc34)C[C@@H]2N1C(=O)NCc1ccccc1. The van der Waals surface area contributed by atoms with E-state index in [4.69, 9.17) is 0 Å². The summed E-state index contributed by atoms with van der Waals surface area (Å²) in [5.74, 6) is -0.646. The molecule has 0 radical (unpaired) electrons. The lowest BCUT2D eigenvalue weighted by atomic mass is 9.98. The summed E-state index contributed by atoms with van der Waals surface area (Å²) < 4.78 is 17.0. The maximum absolute atomic E-state index is 14.3. The molecule has 0 saturated carbocycles. The molecule has 2 fully saturated rings. The van der Waals surface area contributed by atoms with E-state index in [2.05, 4.69) is 21.4 Å². The molecule has 0 bridgehead atoms. The van der Waals surface area contributed by atoms with Crippen LogP contribution in [0.2, 0.25) is 0 Å². The lowest BCUT2D eigenvalue weighted by molar-refractivity contribution is -0.189. The molecule has 2 atom stereocenters. The number of para-hydroxylation sites is 1. The minimum Gasteiger partial charge on any atom is -0.404 e. The Kier molecular flexibility index (Phi) is 9.39. The van der Waals surface area contributed by atoms with Gasteiger partial charge in [-0.25, -0.2) is 24.4 Å². The van der Waals surface area contributed by atoms with Gasteiger partial charge in [-0.15, -0.1) is 17.9 Å². The van der Waals surface area contributed by atoms with E-state index in [0.29, 0.717) is 5.56 Å². The van der Waals surface area contributed by atoms with Crippen LogP contribution >= 0.6 is 19.2 Å². The molecule has 4 aromatic rings. The number of hydrogen-bond donors (Lipinski definition) is 3. The summed E-state index contributed by atoms with van der Waals surface area (Å²) in [6.07, 6.45) is 0.880. The molecule has 0 unspecified atom stereocenters. The first-order valence-corrected chi connectivity index (χ1v) is 17.2. The number of phosphoric acid groups is 1. The quantitative estimate of drug-likeness (QED) is 0.169. The van der Waals surface area contributed by atoms with Crippen LogP contribution in [0.4, 0.5) is 4.79 Å². The molecule has 2 saturated heterocycles. The van der Waals surface area contributed by atoms with Crippen LogP contribution in [0, 0.1) is 0 Å². The number of rotatable bonds is 10. The zero-order chi connectivity index (χ0) is 33.1. The van der Waals surface area contributed by atoms with Gasteiger partial charge in [-0.3, -0.25) is 19.4 Å².